The molecule has 3 heterocycles. The van der Waals surface area contributed by atoms with Gasteiger partial charge >= 0.3 is 0 Å². The number of nitrogens with zero attached hydrogens (tertiary/aromatic N) is 3. The predicted molar refractivity (Wildman–Crippen MR) is 77.3 cm³/mol. The number of hydrogen-bond donors (Lipinski definition) is 1. The summed E-state index contributed by atoms with van der Waals surface area (Å²) in [6.45, 7) is 6.00. The van der Waals surface area contributed by atoms with Gasteiger partial charge in [-0.15, -0.1) is 11.3 Å². The number of nitrogens with two attached hydrogens (primary N) is 1. The normalized spacial score (nSPS) is 17.5. The number of piperazine rings is 1. The molecule has 0 spiro atoms. The lowest BCUT2D eigenvalue weighted by Gasteiger charge is -2.35. The SMILES string of the molecule is NCCN1CCN(c2nccc3sccc23)CC1. The van der Waals surface area contributed by atoms with Crippen LogP contribution < -0.4 is 10.6 Å². The van der Waals surface area contributed by atoms with Gasteiger partial charge in [-0.1, -0.05) is 0 Å². The van der Waals surface area contributed by atoms with E-state index in [4.69, 9.17) is 5.73 Å². The van der Waals surface area contributed by atoms with Crippen LogP contribution in [0.3, 0.4) is 0 Å². The first kappa shape index (κ1) is 11.9. The van der Waals surface area contributed by atoms with Gasteiger partial charge in [0.05, 0.1) is 0 Å². The van der Waals surface area contributed by atoms with Gasteiger partial charge in [-0.3, -0.25) is 4.90 Å². The van der Waals surface area contributed by atoms with Crippen molar-refractivity contribution in [3.8, 4) is 0 Å². The number of thiophene rings is 1. The molecule has 0 aromatic carbocycles. The molecule has 5 heteroatoms. The monoisotopic (exact) mass is 262 g/mol. The Morgan fingerprint density at radius 2 is 2.06 bits per heavy atom. The molecule has 4 nitrogen and oxygen atoms in total. The Kier molecular flexibility index (Phi) is 3.45. The smallest absolute Gasteiger partial charge is 0.137 e. The second kappa shape index (κ2) is 5.22. The van der Waals surface area contributed by atoms with E-state index >= 15 is 0 Å². The molecule has 2 aromatic rings. The first-order valence-electron chi connectivity index (χ1n) is 6.38. The fourth-order valence-electron chi connectivity index (χ4n) is 2.50. The average Bonchev–Trinajstić information content (AvgIpc) is 2.88. The van der Waals surface area contributed by atoms with Crippen molar-refractivity contribution in [3.05, 3.63) is 23.7 Å². The van der Waals surface area contributed by atoms with Crippen molar-refractivity contribution < 1.29 is 0 Å². The molecule has 1 aliphatic rings. The van der Waals surface area contributed by atoms with Gasteiger partial charge < -0.3 is 10.6 Å². The topological polar surface area (TPSA) is 45.4 Å². The molecule has 0 atom stereocenters. The average molecular weight is 262 g/mol. The van der Waals surface area contributed by atoms with E-state index in [1.807, 2.05) is 6.20 Å². The molecule has 0 bridgehead atoms. The molecule has 1 aliphatic heterocycles. The molecule has 1 saturated heterocycles. The van der Waals surface area contributed by atoms with Crippen LogP contribution in [0.5, 0.6) is 0 Å². The number of fused-ring (bicyclic) bond motifs is 1. The second-order valence-electron chi connectivity index (χ2n) is 4.58. The Balaban J connectivity index is 1.78. The van der Waals surface area contributed by atoms with Crippen LogP contribution in [0.2, 0.25) is 0 Å². The van der Waals surface area contributed by atoms with Gasteiger partial charge in [0.2, 0.25) is 0 Å². The third-order valence-corrected chi connectivity index (χ3v) is 4.36. The Morgan fingerprint density at radius 3 is 2.83 bits per heavy atom. The summed E-state index contributed by atoms with van der Waals surface area (Å²) in [6.07, 6.45) is 1.92. The van der Waals surface area contributed by atoms with Crippen LogP contribution in [-0.4, -0.2) is 49.2 Å². The zero-order valence-corrected chi connectivity index (χ0v) is 11.2. The standard InChI is InChI=1S/C13H18N4S/c14-3-5-16-6-8-17(9-7-16)13-11-2-10-18-12(11)1-4-15-13/h1-2,4,10H,3,5-9,14H2. The number of pyridine rings is 1. The zero-order chi connectivity index (χ0) is 12.4. The van der Waals surface area contributed by atoms with Crippen LogP contribution >= 0.6 is 11.3 Å². The van der Waals surface area contributed by atoms with Gasteiger partial charge in [-0.2, -0.15) is 0 Å². The van der Waals surface area contributed by atoms with E-state index in [9.17, 15) is 0 Å². The van der Waals surface area contributed by atoms with Crippen LogP contribution in [0.1, 0.15) is 0 Å². The molecule has 1 fully saturated rings. The molecule has 0 amide bonds. The largest absolute Gasteiger partial charge is 0.354 e. The van der Waals surface area contributed by atoms with Gasteiger partial charge in [0.25, 0.3) is 0 Å². The van der Waals surface area contributed by atoms with E-state index in [0.29, 0.717) is 0 Å². The van der Waals surface area contributed by atoms with Crippen molar-refractivity contribution in [2.75, 3.05) is 44.2 Å². The first-order valence-corrected chi connectivity index (χ1v) is 7.26. The second-order valence-corrected chi connectivity index (χ2v) is 5.53. The minimum absolute atomic E-state index is 0.748. The fourth-order valence-corrected chi connectivity index (χ4v) is 3.27. The lowest BCUT2D eigenvalue weighted by atomic mass is 10.2. The maximum absolute atomic E-state index is 5.60. The third kappa shape index (κ3) is 2.21. The van der Waals surface area contributed by atoms with Crippen molar-refractivity contribution in [1.82, 2.24) is 9.88 Å². The van der Waals surface area contributed by atoms with Gasteiger partial charge in [-0.05, 0) is 17.5 Å². The van der Waals surface area contributed by atoms with Crippen LogP contribution in [-0.2, 0) is 0 Å². The summed E-state index contributed by atoms with van der Waals surface area (Å²) >= 11 is 1.78. The minimum Gasteiger partial charge on any atom is -0.354 e. The van der Waals surface area contributed by atoms with E-state index in [1.165, 1.54) is 10.1 Å². The summed E-state index contributed by atoms with van der Waals surface area (Å²) in [6, 6.07) is 4.27. The highest BCUT2D eigenvalue weighted by molar-refractivity contribution is 7.17. The lowest BCUT2D eigenvalue weighted by Crippen LogP contribution is -2.48. The van der Waals surface area contributed by atoms with Crippen molar-refractivity contribution in [2.45, 2.75) is 0 Å². The molecule has 0 unspecified atom stereocenters. The Labute approximate surface area is 111 Å². The molecule has 0 radical (unpaired) electrons. The Bertz CT molecular complexity index is 516. The van der Waals surface area contributed by atoms with Gasteiger partial charge in [0.15, 0.2) is 0 Å². The minimum atomic E-state index is 0.748. The van der Waals surface area contributed by atoms with Crippen molar-refractivity contribution >= 4 is 27.2 Å². The fraction of sp³-hybridized carbons (Fsp3) is 0.462. The predicted octanol–water partition coefficient (Wildman–Crippen LogP) is 1.38. The number of hydrogen-bond acceptors (Lipinski definition) is 5. The third-order valence-electron chi connectivity index (χ3n) is 3.48. The van der Waals surface area contributed by atoms with E-state index in [1.54, 1.807) is 11.3 Å². The Morgan fingerprint density at radius 1 is 1.22 bits per heavy atom. The highest BCUT2D eigenvalue weighted by atomic mass is 32.1. The number of aromatic nitrogens is 1. The van der Waals surface area contributed by atoms with Crippen LogP contribution in [0.4, 0.5) is 5.82 Å². The number of rotatable bonds is 3. The summed E-state index contributed by atoms with van der Waals surface area (Å²) in [5.41, 5.74) is 5.60. The van der Waals surface area contributed by atoms with E-state index in [0.717, 1.165) is 45.1 Å². The molecule has 0 saturated carbocycles. The van der Waals surface area contributed by atoms with Gasteiger partial charge in [0, 0.05) is 55.6 Å². The Hall–Kier alpha value is -1.17. The number of anilines is 1. The lowest BCUT2D eigenvalue weighted by molar-refractivity contribution is 0.264. The van der Waals surface area contributed by atoms with E-state index < -0.39 is 0 Å². The quantitative estimate of drug-likeness (QED) is 0.907. The van der Waals surface area contributed by atoms with E-state index in [2.05, 4.69) is 32.3 Å². The van der Waals surface area contributed by atoms with E-state index in [-0.39, 0.29) is 0 Å². The van der Waals surface area contributed by atoms with Crippen molar-refractivity contribution in [1.29, 1.82) is 0 Å². The highest BCUT2D eigenvalue weighted by Crippen LogP contribution is 2.28. The summed E-state index contributed by atoms with van der Waals surface area (Å²) in [7, 11) is 0. The highest BCUT2D eigenvalue weighted by Gasteiger charge is 2.19. The molecule has 0 aliphatic carbocycles. The summed E-state index contributed by atoms with van der Waals surface area (Å²) < 4.78 is 1.32. The maximum atomic E-state index is 5.60. The molecular weight excluding hydrogens is 244 g/mol. The van der Waals surface area contributed by atoms with Crippen molar-refractivity contribution in [3.63, 3.8) is 0 Å². The molecule has 3 rings (SSSR count). The summed E-state index contributed by atoms with van der Waals surface area (Å²) in [4.78, 5) is 9.38. The molecule has 96 valence electrons. The van der Waals surface area contributed by atoms with Crippen LogP contribution in [0, 0.1) is 0 Å². The van der Waals surface area contributed by atoms with Gasteiger partial charge in [-0.25, -0.2) is 4.98 Å². The summed E-state index contributed by atoms with van der Waals surface area (Å²) in [5, 5.41) is 3.43. The molecule has 2 N–H and O–H groups in total. The van der Waals surface area contributed by atoms with Crippen LogP contribution in [0.25, 0.3) is 10.1 Å². The molecule has 18 heavy (non-hydrogen) atoms. The first-order chi connectivity index (χ1) is 8.88. The summed E-state index contributed by atoms with van der Waals surface area (Å²) in [5.74, 6) is 1.14. The molecular formula is C13H18N4S. The van der Waals surface area contributed by atoms with Crippen LogP contribution in [0.15, 0.2) is 23.7 Å². The molecule has 2 aromatic heterocycles. The van der Waals surface area contributed by atoms with Gasteiger partial charge in [0.1, 0.15) is 5.82 Å². The van der Waals surface area contributed by atoms with Crippen molar-refractivity contribution in [2.24, 2.45) is 5.73 Å². The zero-order valence-electron chi connectivity index (χ0n) is 10.4. The maximum Gasteiger partial charge on any atom is 0.137 e.